The third-order valence-electron chi connectivity index (χ3n) is 5.07. The summed E-state index contributed by atoms with van der Waals surface area (Å²) in [7, 11) is -1.09. The van der Waals surface area contributed by atoms with E-state index in [1.54, 1.807) is 12.1 Å². The van der Waals surface area contributed by atoms with Gasteiger partial charge in [0.05, 0.1) is 37.0 Å². The molecule has 2 aromatic rings. The van der Waals surface area contributed by atoms with Gasteiger partial charge >= 0.3 is 0 Å². The Labute approximate surface area is 196 Å². The topological polar surface area (TPSA) is 106 Å². The highest BCUT2D eigenvalue weighted by atomic mass is 32.2. The van der Waals surface area contributed by atoms with Gasteiger partial charge in [0.15, 0.2) is 11.5 Å². The van der Waals surface area contributed by atoms with Gasteiger partial charge in [0.1, 0.15) is 5.75 Å². The molecule has 0 heterocycles. The van der Waals surface area contributed by atoms with Crippen LogP contribution >= 0.6 is 0 Å². The molecule has 33 heavy (non-hydrogen) atoms. The summed E-state index contributed by atoms with van der Waals surface area (Å²) < 4.78 is 44.5. The lowest BCUT2D eigenvalue weighted by molar-refractivity contribution is 0.0949. The minimum Gasteiger partial charge on any atom is -0.494 e. The van der Waals surface area contributed by atoms with Crippen LogP contribution in [-0.2, 0) is 10.0 Å². The van der Waals surface area contributed by atoms with Gasteiger partial charge in [-0.25, -0.2) is 8.42 Å². The lowest BCUT2D eigenvalue weighted by Crippen LogP contribution is -2.35. The van der Waals surface area contributed by atoms with Crippen LogP contribution in [0.25, 0.3) is 0 Å². The Balaban J connectivity index is 2.34. The van der Waals surface area contributed by atoms with E-state index in [0.717, 1.165) is 13.1 Å². The Hall–Kier alpha value is -2.98. The molecule has 0 saturated carbocycles. The molecule has 0 aromatic heterocycles. The van der Waals surface area contributed by atoms with Gasteiger partial charge in [-0.15, -0.1) is 0 Å². The van der Waals surface area contributed by atoms with Crippen molar-refractivity contribution in [2.75, 3.05) is 51.7 Å². The molecule has 0 radical (unpaired) electrons. The fraction of sp³-hybridized carbons (Fsp3) is 0.435. The molecule has 182 valence electrons. The SMILES string of the molecule is CCOc1ccc(S(=O)(=O)Nc2cc(OC)c(OC)cc2C(=O)NCCN(CC)CC)cc1. The van der Waals surface area contributed by atoms with Crippen LogP contribution in [0.1, 0.15) is 31.1 Å². The number of amides is 1. The molecule has 0 aliphatic rings. The molecule has 9 nitrogen and oxygen atoms in total. The van der Waals surface area contributed by atoms with Crippen molar-refractivity contribution < 1.29 is 27.4 Å². The van der Waals surface area contributed by atoms with E-state index >= 15 is 0 Å². The Kier molecular flexibility index (Phi) is 9.80. The predicted molar refractivity (Wildman–Crippen MR) is 128 cm³/mol. The van der Waals surface area contributed by atoms with E-state index in [1.807, 2.05) is 20.8 Å². The standard InChI is InChI=1S/C23H33N3O6S/c1-6-26(7-2)14-13-24-23(27)19-15-21(30-4)22(31-5)16-20(19)25-33(28,29)18-11-9-17(10-12-18)32-8-3/h9-12,15-16,25H,6-8,13-14H2,1-5H3,(H,24,27). The number of rotatable bonds is 13. The normalized spacial score (nSPS) is 11.2. The van der Waals surface area contributed by atoms with Crippen molar-refractivity contribution in [2.45, 2.75) is 25.7 Å². The third kappa shape index (κ3) is 7.00. The molecule has 2 aromatic carbocycles. The largest absolute Gasteiger partial charge is 0.494 e. The van der Waals surface area contributed by atoms with E-state index in [2.05, 4.69) is 14.9 Å². The highest BCUT2D eigenvalue weighted by Gasteiger charge is 2.22. The summed E-state index contributed by atoms with van der Waals surface area (Å²) in [6.45, 7) is 9.26. The molecule has 2 rings (SSSR count). The first-order valence-electron chi connectivity index (χ1n) is 10.8. The van der Waals surface area contributed by atoms with Crippen LogP contribution in [0.5, 0.6) is 17.2 Å². The summed E-state index contributed by atoms with van der Waals surface area (Å²) in [5.41, 5.74) is 0.212. The Morgan fingerprint density at radius 2 is 1.58 bits per heavy atom. The van der Waals surface area contributed by atoms with E-state index in [1.165, 1.54) is 38.5 Å². The molecular formula is C23H33N3O6S. The molecular weight excluding hydrogens is 446 g/mol. The predicted octanol–water partition coefficient (Wildman–Crippen LogP) is 2.97. The van der Waals surface area contributed by atoms with Crippen molar-refractivity contribution >= 4 is 21.6 Å². The minimum atomic E-state index is -3.98. The number of hydrogen-bond donors (Lipinski definition) is 2. The zero-order valence-electron chi connectivity index (χ0n) is 19.8. The second-order valence-electron chi connectivity index (χ2n) is 7.05. The Bertz CT molecular complexity index is 1020. The molecule has 0 saturated heterocycles. The lowest BCUT2D eigenvalue weighted by Gasteiger charge is -2.19. The number of carbonyl (C=O) groups excluding carboxylic acids is 1. The van der Waals surface area contributed by atoms with Gasteiger partial charge < -0.3 is 24.4 Å². The fourth-order valence-corrected chi connectivity index (χ4v) is 4.27. The maximum absolute atomic E-state index is 13.0. The Morgan fingerprint density at radius 1 is 0.970 bits per heavy atom. The molecule has 0 unspecified atom stereocenters. The zero-order valence-corrected chi connectivity index (χ0v) is 20.6. The second kappa shape index (κ2) is 12.3. The summed E-state index contributed by atoms with van der Waals surface area (Å²) >= 11 is 0. The summed E-state index contributed by atoms with van der Waals surface area (Å²) in [5, 5.41) is 2.85. The summed E-state index contributed by atoms with van der Waals surface area (Å²) in [6.07, 6.45) is 0. The van der Waals surface area contributed by atoms with Crippen LogP contribution in [-0.4, -0.2) is 66.2 Å². The number of benzene rings is 2. The second-order valence-corrected chi connectivity index (χ2v) is 8.73. The molecule has 2 N–H and O–H groups in total. The van der Waals surface area contributed by atoms with Crippen LogP contribution in [0.4, 0.5) is 5.69 Å². The summed E-state index contributed by atoms with van der Waals surface area (Å²) in [4.78, 5) is 15.2. The van der Waals surface area contributed by atoms with Crippen molar-refractivity contribution in [1.29, 1.82) is 0 Å². The van der Waals surface area contributed by atoms with Gasteiger partial charge in [-0.2, -0.15) is 0 Å². The van der Waals surface area contributed by atoms with Gasteiger partial charge in [0.2, 0.25) is 0 Å². The van der Waals surface area contributed by atoms with Crippen molar-refractivity contribution in [1.82, 2.24) is 10.2 Å². The van der Waals surface area contributed by atoms with E-state index < -0.39 is 15.9 Å². The maximum atomic E-state index is 13.0. The molecule has 0 atom stereocenters. The van der Waals surface area contributed by atoms with Gasteiger partial charge in [0.25, 0.3) is 15.9 Å². The summed E-state index contributed by atoms with van der Waals surface area (Å²) in [6, 6.07) is 8.93. The van der Waals surface area contributed by atoms with Crippen molar-refractivity contribution in [3.05, 3.63) is 42.0 Å². The molecule has 0 bridgehead atoms. The lowest BCUT2D eigenvalue weighted by atomic mass is 10.1. The minimum absolute atomic E-state index is 0.0358. The zero-order chi connectivity index (χ0) is 24.4. The number of nitrogens with one attached hydrogen (secondary N) is 2. The van der Waals surface area contributed by atoms with E-state index in [-0.39, 0.29) is 16.1 Å². The van der Waals surface area contributed by atoms with Crippen LogP contribution in [0.3, 0.4) is 0 Å². The number of likely N-dealkylation sites (N-methyl/N-ethyl adjacent to an activating group) is 1. The van der Waals surface area contributed by atoms with Crippen LogP contribution in [0, 0.1) is 0 Å². The van der Waals surface area contributed by atoms with Crippen LogP contribution in [0.2, 0.25) is 0 Å². The number of methoxy groups -OCH3 is 2. The van der Waals surface area contributed by atoms with E-state index in [9.17, 15) is 13.2 Å². The third-order valence-corrected chi connectivity index (χ3v) is 6.45. The van der Waals surface area contributed by atoms with Gasteiger partial charge in [-0.3, -0.25) is 9.52 Å². The molecule has 0 spiro atoms. The van der Waals surface area contributed by atoms with Crippen molar-refractivity contribution in [2.24, 2.45) is 0 Å². The first-order chi connectivity index (χ1) is 15.8. The Morgan fingerprint density at radius 3 is 2.12 bits per heavy atom. The average molecular weight is 480 g/mol. The van der Waals surface area contributed by atoms with E-state index in [0.29, 0.717) is 36.9 Å². The van der Waals surface area contributed by atoms with Crippen molar-refractivity contribution in [3.63, 3.8) is 0 Å². The molecule has 0 aliphatic carbocycles. The number of sulfonamides is 1. The number of nitrogens with zero attached hydrogens (tertiary/aromatic N) is 1. The average Bonchev–Trinajstić information content (AvgIpc) is 2.81. The van der Waals surface area contributed by atoms with Crippen molar-refractivity contribution in [3.8, 4) is 17.2 Å². The van der Waals surface area contributed by atoms with Gasteiger partial charge in [0, 0.05) is 19.2 Å². The number of carbonyl (C=O) groups is 1. The number of anilines is 1. The maximum Gasteiger partial charge on any atom is 0.261 e. The monoisotopic (exact) mass is 479 g/mol. The smallest absolute Gasteiger partial charge is 0.261 e. The van der Waals surface area contributed by atoms with Gasteiger partial charge in [-0.05, 0) is 50.3 Å². The molecule has 10 heteroatoms. The first kappa shape index (κ1) is 26.3. The first-order valence-corrected chi connectivity index (χ1v) is 12.3. The number of hydrogen-bond acceptors (Lipinski definition) is 7. The molecule has 0 fully saturated rings. The summed E-state index contributed by atoms with van der Waals surface area (Å²) in [5.74, 6) is 0.750. The highest BCUT2D eigenvalue weighted by Crippen LogP contribution is 2.34. The van der Waals surface area contributed by atoms with Crippen LogP contribution < -0.4 is 24.2 Å². The number of ether oxygens (including phenoxy) is 3. The fourth-order valence-electron chi connectivity index (χ4n) is 3.20. The van der Waals surface area contributed by atoms with Gasteiger partial charge in [-0.1, -0.05) is 13.8 Å². The highest BCUT2D eigenvalue weighted by molar-refractivity contribution is 7.92. The molecule has 0 aliphatic heterocycles. The molecule has 1 amide bonds. The van der Waals surface area contributed by atoms with E-state index in [4.69, 9.17) is 14.2 Å². The van der Waals surface area contributed by atoms with Crippen LogP contribution in [0.15, 0.2) is 41.3 Å². The quantitative estimate of drug-likeness (QED) is 0.455.